The predicted molar refractivity (Wildman–Crippen MR) is 102 cm³/mol. The summed E-state index contributed by atoms with van der Waals surface area (Å²) >= 11 is 0. The van der Waals surface area contributed by atoms with Gasteiger partial charge in [-0.15, -0.1) is 0 Å². The van der Waals surface area contributed by atoms with Gasteiger partial charge < -0.3 is 20.1 Å². The van der Waals surface area contributed by atoms with Gasteiger partial charge in [-0.2, -0.15) is 14.6 Å². The molecule has 3 aromatic rings. The summed E-state index contributed by atoms with van der Waals surface area (Å²) in [5.41, 5.74) is 1.49. The standard InChI is InChI=1S/C19H21N5O3/c1-20-16-10-17(22-18-15(19(25)26)11-21-24(16)18)27-14-8-5-9-23(12-14)13-6-3-2-4-7-13/h2-4,6-7,10-11,14,20H,5,8-9,12H2,1H3,(H,25,26). The molecule has 2 N–H and O–H groups in total. The molecule has 0 spiro atoms. The largest absolute Gasteiger partial charge is 0.477 e. The molecule has 8 nitrogen and oxygen atoms in total. The van der Waals surface area contributed by atoms with Crippen LogP contribution in [0, 0.1) is 0 Å². The first-order chi connectivity index (χ1) is 13.2. The zero-order valence-corrected chi connectivity index (χ0v) is 15.0. The van der Waals surface area contributed by atoms with Gasteiger partial charge in [0.1, 0.15) is 17.5 Å². The maximum Gasteiger partial charge on any atom is 0.341 e. The molecule has 2 aromatic heterocycles. The highest BCUT2D eigenvalue weighted by Crippen LogP contribution is 2.25. The monoisotopic (exact) mass is 367 g/mol. The highest BCUT2D eigenvalue weighted by Gasteiger charge is 2.23. The van der Waals surface area contributed by atoms with Crippen LogP contribution in [-0.2, 0) is 0 Å². The third-order valence-electron chi connectivity index (χ3n) is 4.72. The number of para-hydroxylation sites is 1. The van der Waals surface area contributed by atoms with Crippen LogP contribution in [0.25, 0.3) is 5.65 Å². The third kappa shape index (κ3) is 3.38. The van der Waals surface area contributed by atoms with Gasteiger partial charge in [-0.3, -0.25) is 0 Å². The number of fused-ring (bicyclic) bond motifs is 1. The first kappa shape index (κ1) is 17.1. The van der Waals surface area contributed by atoms with Crippen molar-refractivity contribution in [2.24, 2.45) is 0 Å². The first-order valence-corrected chi connectivity index (χ1v) is 8.92. The van der Waals surface area contributed by atoms with Gasteiger partial charge in [0.15, 0.2) is 5.65 Å². The number of nitrogens with one attached hydrogen (secondary N) is 1. The summed E-state index contributed by atoms with van der Waals surface area (Å²) in [6, 6.07) is 12.0. The van der Waals surface area contributed by atoms with Crippen molar-refractivity contribution in [2.45, 2.75) is 18.9 Å². The van der Waals surface area contributed by atoms with Crippen LogP contribution in [-0.4, -0.2) is 51.9 Å². The SMILES string of the molecule is CNc1cc(OC2CCCN(c3ccccc3)C2)nc2c(C(=O)O)cnn12. The second-order valence-electron chi connectivity index (χ2n) is 6.49. The highest BCUT2D eigenvalue weighted by molar-refractivity contribution is 5.94. The molecular weight excluding hydrogens is 346 g/mol. The summed E-state index contributed by atoms with van der Waals surface area (Å²) in [5, 5.41) is 16.5. The molecule has 0 amide bonds. The fourth-order valence-corrected chi connectivity index (χ4v) is 3.41. The minimum atomic E-state index is -1.07. The zero-order valence-electron chi connectivity index (χ0n) is 15.0. The van der Waals surface area contributed by atoms with Crippen LogP contribution in [0.15, 0.2) is 42.6 Å². The smallest absolute Gasteiger partial charge is 0.341 e. The number of aromatic nitrogens is 3. The Kier molecular flexibility index (Phi) is 4.53. The van der Waals surface area contributed by atoms with Gasteiger partial charge in [0.2, 0.25) is 5.88 Å². The number of nitrogens with zero attached hydrogens (tertiary/aromatic N) is 4. The molecule has 1 aliphatic heterocycles. The summed E-state index contributed by atoms with van der Waals surface area (Å²) in [4.78, 5) is 18.1. The molecule has 1 atom stereocenters. The molecule has 1 fully saturated rings. The lowest BCUT2D eigenvalue weighted by molar-refractivity contribution is 0.0698. The lowest BCUT2D eigenvalue weighted by Gasteiger charge is -2.34. The number of carboxylic acid groups (broad SMARTS) is 1. The first-order valence-electron chi connectivity index (χ1n) is 8.92. The van der Waals surface area contributed by atoms with E-state index in [0.717, 1.165) is 25.9 Å². The average molecular weight is 367 g/mol. The number of rotatable bonds is 5. The Bertz CT molecular complexity index is 957. The lowest BCUT2D eigenvalue weighted by atomic mass is 10.1. The normalized spacial score (nSPS) is 17.1. The van der Waals surface area contributed by atoms with Crippen molar-refractivity contribution in [3.05, 3.63) is 48.2 Å². The summed E-state index contributed by atoms with van der Waals surface area (Å²) < 4.78 is 7.60. The molecule has 0 saturated carbocycles. The molecule has 1 aliphatic rings. The van der Waals surface area contributed by atoms with Crippen LogP contribution in [0.4, 0.5) is 11.5 Å². The number of anilines is 2. The molecular formula is C19H21N5O3. The average Bonchev–Trinajstić information content (AvgIpc) is 3.12. The number of aromatic carboxylic acids is 1. The van der Waals surface area contributed by atoms with E-state index in [2.05, 4.69) is 32.4 Å². The van der Waals surface area contributed by atoms with E-state index < -0.39 is 5.97 Å². The van der Waals surface area contributed by atoms with Crippen LogP contribution in [0.5, 0.6) is 5.88 Å². The van der Waals surface area contributed by atoms with E-state index in [4.69, 9.17) is 4.74 Å². The molecule has 0 bridgehead atoms. The van der Waals surface area contributed by atoms with E-state index in [1.54, 1.807) is 13.1 Å². The van der Waals surface area contributed by atoms with Crippen molar-refractivity contribution < 1.29 is 14.6 Å². The van der Waals surface area contributed by atoms with E-state index in [1.807, 2.05) is 18.2 Å². The van der Waals surface area contributed by atoms with Crippen molar-refractivity contribution >= 4 is 23.1 Å². The minimum Gasteiger partial charge on any atom is -0.477 e. The molecule has 3 heterocycles. The van der Waals surface area contributed by atoms with Gasteiger partial charge in [0, 0.05) is 25.3 Å². The Morgan fingerprint density at radius 2 is 2.15 bits per heavy atom. The van der Waals surface area contributed by atoms with Gasteiger partial charge in [-0.1, -0.05) is 18.2 Å². The summed E-state index contributed by atoms with van der Waals surface area (Å²) in [6.07, 6.45) is 3.23. The van der Waals surface area contributed by atoms with E-state index in [9.17, 15) is 9.90 Å². The number of carbonyl (C=O) groups is 1. The van der Waals surface area contributed by atoms with Crippen molar-refractivity contribution in [2.75, 3.05) is 30.4 Å². The van der Waals surface area contributed by atoms with Gasteiger partial charge >= 0.3 is 5.97 Å². The second-order valence-corrected chi connectivity index (χ2v) is 6.49. The highest BCUT2D eigenvalue weighted by atomic mass is 16.5. The summed E-state index contributed by atoms with van der Waals surface area (Å²) in [7, 11) is 1.75. The predicted octanol–water partition coefficient (Wildman–Crippen LogP) is 2.52. The Hall–Kier alpha value is -3.29. The Morgan fingerprint density at radius 3 is 2.89 bits per heavy atom. The molecule has 1 saturated heterocycles. The van der Waals surface area contributed by atoms with Crippen LogP contribution >= 0.6 is 0 Å². The van der Waals surface area contributed by atoms with Crippen molar-refractivity contribution in [1.29, 1.82) is 0 Å². The zero-order chi connectivity index (χ0) is 18.8. The van der Waals surface area contributed by atoms with Gasteiger partial charge in [0.05, 0.1) is 12.7 Å². The molecule has 140 valence electrons. The Morgan fingerprint density at radius 1 is 1.33 bits per heavy atom. The maximum absolute atomic E-state index is 11.4. The molecule has 27 heavy (non-hydrogen) atoms. The van der Waals surface area contributed by atoms with E-state index in [1.165, 1.54) is 16.4 Å². The number of piperidine rings is 1. The summed E-state index contributed by atoms with van der Waals surface area (Å²) in [6.45, 7) is 1.75. The quantitative estimate of drug-likeness (QED) is 0.716. The molecule has 0 aliphatic carbocycles. The molecule has 1 unspecified atom stereocenters. The minimum absolute atomic E-state index is 0.0187. The number of carboxylic acids is 1. The van der Waals surface area contributed by atoms with E-state index in [0.29, 0.717) is 11.7 Å². The number of benzene rings is 1. The van der Waals surface area contributed by atoms with Gasteiger partial charge in [-0.05, 0) is 25.0 Å². The van der Waals surface area contributed by atoms with Gasteiger partial charge in [-0.25, -0.2) is 4.79 Å². The Labute approximate surface area is 156 Å². The van der Waals surface area contributed by atoms with Gasteiger partial charge in [0.25, 0.3) is 0 Å². The van der Waals surface area contributed by atoms with Crippen molar-refractivity contribution in [1.82, 2.24) is 14.6 Å². The fourth-order valence-electron chi connectivity index (χ4n) is 3.41. The number of hydrogen-bond acceptors (Lipinski definition) is 6. The topological polar surface area (TPSA) is 92.0 Å². The number of ether oxygens (including phenoxy) is 1. The molecule has 1 aromatic carbocycles. The third-order valence-corrected chi connectivity index (χ3v) is 4.72. The van der Waals surface area contributed by atoms with Crippen LogP contribution in [0.1, 0.15) is 23.2 Å². The van der Waals surface area contributed by atoms with Crippen LogP contribution < -0.4 is 15.0 Å². The van der Waals surface area contributed by atoms with E-state index >= 15 is 0 Å². The number of hydrogen-bond donors (Lipinski definition) is 2. The summed E-state index contributed by atoms with van der Waals surface area (Å²) in [5.74, 6) is -0.0439. The van der Waals surface area contributed by atoms with E-state index in [-0.39, 0.29) is 17.3 Å². The molecule has 4 rings (SSSR count). The van der Waals surface area contributed by atoms with Crippen LogP contribution in [0.3, 0.4) is 0 Å². The fraction of sp³-hybridized carbons (Fsp3) is 0.316. The van der Waals surface area contributed by atoms with Crippen LogP contribution in [0.2, 0.25) is 0 Å². The van der Waals surface area contributed by atoms with Crippen molar-refractivity contribution in [3.8, 4) is 5.88 Å². The Balaban J connectivity index is 1.59. The lowest BCUT2D eigenvalue weighted by Crippen LogP contribution is -2.41. The second kappa shape index (κ2) is 7.14. The maximum atomic E-state index is 11.4. The van der Waals surface area contributed by atoms with Crippen molar-refractivity contribution in [3.63, 3.8) is 0 Å². The molecule has 0 radical (unpaired) electrons. The molecule has 8 heteroatoms.